The number of hydrogen-bond acceptors (Lipinski definition) is 1. The first-order chi connectivity index (χ1) is 12.3. The molecule has 126 valence electrons. The van der Waals surface area contributed by atoms with Crippen LogP contribution in [0.4, 0.5) is 0 Å². The van der Waals surface area contributed by atoms with Gasteiger partial charge in [0, 0.05) is 24.5 Å². The quantitative estimate of drug-likeness (QED) is 0.631. The first-order valence-corrected chi connectivity index (χ1v) is 9.17. The molecule has 1 atom stereocenters. The van der Waals surface area contributed by atoms with Crippen molar-refractivity contribution in [2.45, 2.75) is 31.3 Å². The topological polar surface area (TPSA) is 3.24 Å². The Labute approximate surface area is 150 Å². The summed E-state index contributed by atoms with van der Waals surface area (Å²) in [7, 11) is 0. The Morgan fingerprint density at radius 3 is 1.76 bits per heavy atom. The molecule has 1 nitrogen and oxygen atoms in total. The van der Waals surface area contributed by atoms with Crippen LogP contribution in [-0.2, 0) is 12.0 Å². The molecule has 1 heteroatoms. The first-order valence-electron chi connectivity index (χ1n) is 9.17. The van der Waals surface area contributed by atoms with Gasteiger partial charge in [-0.2, -0.15) is 0 Å². The fourth-order valence-electron chi connectivity index (χ4n) is 4.33. The summed E-state index contributed by atoms with van der Waals surface area (Å²) in [6, 6.07) is 33.5. The van der Waals surface area contributed by atoms with Crippen molar-refractivity contribution in [2.24, 2.45) is 0 Å². The minimum atomic E-state index is 0.0801. The second-order valence-corrected chi connectivity index (χ2v) is 7.26. The van der Waals surface area contributed by atoms with E-state index in [2.05, 4.69) is 103 Å². The maximum absolute atomic E-state index is 2.63. The lowest BCUT2D eigenvalue weighted by atomic mass is 9.73. The van der Waals surface area contributed by atoms with E-state index < -0.39 is 0 Å². The van der Waals surface area contributed by atoms with Gasteiger partial charge in [-0.05, 0) is 30.0 Å². The molecule has 0 aromatic heterocycles. The molecule has 0 spiro atoms. The van der Waals surface area contributed by atoms with E-state index in [1.165, 1.54) is 16.7 Å². The third-order valence-corrected chi connectivity index (χ3v) is 5.62. The largest absolute Gasteiger partial charge is 0.295 e. The van der Waals surface area contributed by atoms with E-state index in [1.807, 2.05) is 0 Å². The molecule has 25 heavy (non-hydrogen) atoms. The van der Waals surface area contributed by atoms with Crippen molar-refractivity contribution in [3.05, 3.63) is 108 Å². The molecule has 1 aliphatic heterocycles. The van der Waals surface area contributed by atoms with Crippen LogP contribution < -0.4 is 0 Å². The van der Waals surface area contributed by atoms with Crippen LogP contribution in [0.1, 0.15) is 30.0 Å². The number of nitrogens with zero attached hydrogens (tertiary/aromatic N) is 1. The molecule has 1 aliphatic rings. The fraction of sp³-hybridized carbons (Fsp3) is 0.250. The molecule has 0 unspecified atom stereocenters. The predicted molar refractivity (Wildman–Crippen MR) is 105 cm³/mol. The summed E-state index contributed by atoms with van der Waals surface area (Å²) in [5, 5.41) is 0. The molecular formula is C24H25N. The first kappa shape index (κ1) is 16.1. The SMILES string of the molecule is C[C@H]1CC(c2ccccc2)(c2ccccc2)CN1Cc1ccccc1. The second kappa shape index (κ2) is 6.85. The molecule has 3 aromatic rings. The summed E-state index contributed by atoms with van der Waals surface area (Å²) >= 11 is 0. The van der Waals surface area contributed by atoms with Crippen LogP contribution in [-0.4, -0.2) is 17.5 Å². The zero-order valence-corrected chi connectivity index (χ0v) is 14.8. The van der Waals surface area contributed by atoms with Gasteiger partial charge in [0.1, 0.15) is 0 Å². The van der Waals surface area contributed by atoms with Crippen molar-refractivity contribution in [1.29, 1.82) is 0 Å². The number of benzene rings is 3. The van der Waals surface area contributed by atoms with Crippen LogP contribution in [0.3, 0.4) is 0 Å². The van der Waals surface area contributed by atoms with Gasteiger partial charge in [0.2, 0.25) is 0 Å². The molecule has 1 heterocycles. The standard InChI is InChI=1S/C24H25N/c1-20-17-24(22-13-7-3-8-14-22,23-15-9-4-10-16-23)19-25(20)18-21-11-5-2-6-12-21/h2-16,20H,17-19H2,1H3/t20-/m0/s1. The zero-order valence-electron chi connectivity index (χ0n) is 14.8. The molecule has 0 bridgehead atoms. The average molecular weight is 327 g/mol. The summed E-state index contributed by atoms with van der Waals surface area (Å²) in [6.07, 6.45) is 1.16. The molecule has 1 saturated heterocycles. The molecule has 0 amide bonds. The number of hydrogen-bond donors (Lipinski definition) is 0. The lowest BCUT2D eigenvalue weighted by Crippen LogP contribution is -2.32. The van der Waals surface area contributed by atoms with E-state index >= 15 is 0 Å². The maximum Gasteiger partial charge on any atom is 0.0344 e. The lowest BCUT2D eigenvalue weighted by molar-refractivity contribution is 0.255. The summed E-state index contributed by atoms with van der Waals surface area (Å²) in [6.45, 7) is 4.46. The van der Waals surface area contributed by atoms with E-state index in [0.717, 1.165) is 19.5 Å². The molecule has 0 saturated carbocycles. The Kier molecular flexibility index (Phi) is 4.42. The van der Waals surface area contributed by atoms with Crippen LogP contribution in [0.15, 0.2) is 91.0 Å². The van der Waals surface area contributed by atoms with Crippen molar-refractivity contribution < 1.29 is 0 Å². The van der Waals surface area contributed by atoms with E-state index in [0.29, 0.717) is 6.04 Å². The van der Waals surface area contributed by atoms with E-state index in [9.17, 15) is 0 Å². The maximum atomic E-state index is 2.63. The van der Waals surface area contributed by atoms with Gasteiger partial charge in [-0.15, -0.1) is 0 Å². The van der Waals surface area contributed by atoms with Crippen molar-refractivity contribution in [2.75, 3.05) is 6.54 Å². The van der Waals surface area contributed by atoms with Crippen molar-refractivity contribution in [3.8, 4) is 0 Å². The Hall–Kier alpha value is -2.38. The summed E-state index contributed by atoms with van der Waals surface area (Å²) < 4.78 is 0. The minimum absolute atomic E-state index is 0.0801. The predicted octanol–water partition coefficient (Wildman–Crippen LogP) is 5.27. The Morgan fingerprint density at radius 2 is 1.24 bits per heavy atom. The molecule has 3 aromatic carbocycles. The van der Waals surface area contributed by atoms with Gasteiger partial charge >= 0.3 is 0 Å². The summed E-state index contributed by atoms with van der Waals surface area (Å²) in [4.78, 5) is 2.63. The summed E-state index contributed by atoms with van der Waals surface area (Å²) in [5.41, 5.74) is 4.34. The molecule has 1 fully saturated rings. The van der Waals surface area contributed by atoms with Gasteiger partial charge in [0.25, 0.3) is 0 Å². The second-order valence-electron chi connectivity index (χ2n) is 7.26. The Morgan fingerprint density at radius 1 is 0.760 bits per heavy atom. The van der Waals surface area contributed by atoms with Crippen LogP contribution in [0.2, 0.25) is 0 Å². The molecule has 0 aliphatic carbocycles. The van der Waals surface area contributed by atoms with Gasteiger partial charge in [-0.1, -0.05) is 91.0 Å². The van der Waals surface area contributed by atoms with Crippen LogP contribution >= 0.6 is 0 Å². The molecule has 0 N–H and O–H groups in total. The summed E-state index contributed by atoms with van der Waals surface area (Å²) in [5.74, 6) is 0. The highest BCUT2D eigenvalue weighted by Gasteiger charge is 2.44. The lowest BCUT2D eigenvalue weighted by Gasteiger charge is -2.31. The molecule has 0 radical (unpaired) electrons. The van der Waals surface area contributed by atoms with Gasteiger partial charge in [0.15, 0.2) is 0 Å². The fourth-order valence-corrected chi connectivity index (χ4v) is 4.33. The zero-order chi connectivity index (χ0) is 17.1. The normalized spacial score (nSPS) is 19.8. The van der Waals surface area contributed by atoms with Crippen LogP contribution in [0.25, 0.3) is 0 Å². The third-order valence-electron chi connectivity index (χ3n) is 5.62. The smallest absolute Gasteiger partial charge is 0.0344 e. The average Bonchev–Trinajstić information content (AvgIpc) is 3.01. The number of rotatable bonds is 4. The van der Waals surface area contributed by atoms with Crippen molar-refractivity contribution >= 4 is 0 Å². The third kappa shape index (κ3) is 3.12. The highest BCUT2D eigenvalue weighted by Crippen LogP contribution is 2.43. The molecular weight excluding hydrogens is 302 g/mol. The van der Waals surface area contributed by atoms with Crippen molar-refractivity contribution in [1.82, 2.24) is 4.90 Å². The monoisotopic (exact) mass is 327 g/mol. The van der Waals surface area contributed by atoms with E-state index in [-0.39, 0.29) is 5.41 Å². The van der Waals surface area contributed by atoms with Gasteiger partial charge in [-0.3, -0.25) is 4.90 Å². The van der Waals surface area contributed by atoms with Gasteiger partial charge in [-0.25, -0.2) is 0 Å². The van der Waals surface area contributed by atoms with E-state index in [4.69, 9.17) is 0 Å². The van der Waals surface area contributed by atoms with Gasteiger partial charge in [0.05, 0.1) is 0 Å². The highest BCUT2D eigenvalue weighted by molar-refractivity contribution is 5.42. The Bertz CT molecular complexity index is 756. The molecule has 4 rings (SSSR count). The highest BCUT2D eigenvalue weighted by atomic mass is 15.2. The van der Waals surface area contributed by atoms with E-state index in [1.54, 1.807) is 0 Å². The Balaban J connectivity index is 1.71. The van der Waals surface area contributed by atoms with Gasteiger partial charge < -0.3 is 0 Å². The van der Waals surface area contributed by atoms with Crippen LogP contribution in [0.5, 0.6) is 0 Å². The van der Waals surface area contributed by atoms with Crippen molar-refractivity contribution in [3.63, 3.8) is 0 Å². The van der Waals surface area contributed by atoms with Crippen LogP contribution in [0, 0.1) is 0 Å². The minimum Gasteiger partial charge on any atom is -0.295 e. The number of likely N-dealkylation sites (tertiary alicyclic amines) is 1.